The van der Waals surface area contributed by atoms with Gasteiger partial charge in [0, 0.05) is 10.9 Å². The summed E-state index contributed by atoms with van der Waals surface area (Å²) in [6.07, 6.45) is 0.163. The second kappa shape index (κ2) is 8.29. The third kappa shape index (κ3) is 3.85. The summed E-state index contributed by atoms with van der Waals surface area (Å²) >= 11 is 0. The van der Waals surface area contributed by atoms with Crippen molar-refractivity contribution in [2.24, 2.45) is 5.73 Å². The highest BCUT2D eigenvalue weighted by Crippen LogP contribution is 2.41. The summed E-state index contributed by atoms with van der Waals surface area (Å²) in [6.45, 7) is 2.72. The fraction of sp³-hybridized carbons (Fsp3) is 0.316. The molecule has 3 rings (SSSR count). The molecular formula is C19H22ClF2N2O3P. The first-order valence-electron chi connectivity index (χ1n) is 8.49. The normalized spacial score (nSPS) is 19.6. The van der Waals surface area contributed by atoms with Gasteiger partial charge in [-0.15, -0.1) is 12.4 Å². The van der Waals surface area contributed by atoms with Crippen molar-refractivity contribution < 1.29 is 23.2 Å². The number of hydrogen-bond donors (Lipinski definition) is 2. The quantitative estimate of drug-likeness (QED) is 0.731. The molecule has 1 aliphatic heterocycles. The maximum absolute atomic E-state index is 14.9. The van der Waals surface area contributed by atoms with E-state index in [1.165, 1.54) is 12.1 Å². The largest absolute Gasteiger partial charge is 0.394 e. The topological polar surface area (TPSA) is 83.6 Å². The van der Waals surface area contributed by atoms with E-state index in [1.807, 2.05) is 0 Å². The number of anilines is 1. The first-order chi connectivity index (χ1) is 12.7. The Labute approximate surface area is 168 Å². The van der Waals surface area contributed by atoms with Crippen molar-refractivity contribution in [2.75, 3.05) is 24.8 Å². The molecule has 0 aliphatic carbocycles. The van der Waals surface area contributed by atoms with Crippen LogP contribution in [0.2, 0.25) is 0 Å². The van der Waals surface area contributed by atoms with Gasteiger partial charge in [-0.25, -0.2) is 8.78 Å². The second-order valence-corrected chi connectivity index (χ2v) is 10.2. The van der Waals surface area contributed by atoms with Crippen LogP contribution in [0.25, 0.3) is 11.1 Å². The molecule has 1 saturated heterocycles. The number of rotatable bonds is 4. The van der Waals surface area contributed by atoms with Gasteiger partial charge in [-0.3, -0.25) is 4.79 Å². The van der Waals surface area contributed by atoms with Crippen LogP contribution in [0.4, 0.5) is 14.5 Å². The summed E-state index contributed by atoms with van der Waals surface area (Å²) in [5.74, 6) is -2.91. The number of carbonyl (C=O) groups is 1. The molecule has 1 heterocycles. The predicted molar refractivity (Wildman–Crippen MR) is 109 cm³/mol. The van der Waals surface area contributed by atoms with Crippen LogP contribution >= 0.6 is 19.5 Å². The van der Waals surface area contributed by atoms with Crippen molar-refractivity contribution in [3.63, 3.8) is 0 Å². The van der Waals surface area contributed by atoms with Gasteiger partial charge in [-0.2, -0.15) is 0 Å². The van der Waals surface area contributed by atoms with E-state index in [0.29, 0.717) is 10.9 Å². The SMILES string of the molecule is CP(C)(=O)c1ccccc1-c1ccc(N2C(=O)[C@H](N)C[C@H]2CO)c(F)c1F.Cl. The zero-order valence-electron chi connectivity index (χ0n) is 15.4. The first kappa shape index (κ1) is 22.5. The summed E-state index contributed by atoms with van der Waals surface area (Å²) in [6, 6.07) is 7.64. The van der Waals surface area contributed by atoms with Crippen molar-refractivity contribution in [3.05, 3.63) is 48.0 Å². The lowest BCUT2D eigenvalue weighted by Crippen LogP contribution is -2.38. The third-order valence-corrected chi connectivity index (χ3v) is 6.30. The zero-order valence-corrected chi connectivity index (χ0v) is 17.1. The average molecular weight is 431 g/mol. The molecule has 0 radical (unpaired) electrons. The second-order valence-electron chi connectivity index (χ2n) is 7.02. The number of halogens is 3. The molecule has 0 bridgehead atoms. The maximum atomic E-state index is 14.9. The summed E-state index contributed by atoms with van der Waals surface area (Å²) in [7, 11) is -2.72. The number of aliphatic hydroxyl groups is 1. The van der Waals surface area contributed by atoms with Gasteiger partial charge in [-0.05, 0) is 37.4 Å². The van der Waals surface area contributed by atoms with Gasteiger partial charge in [-0.1, -0.05) is 24.3 Å². The van der Waals surface area contributed by atoms with E-state index in [0.717, 1.165) is 4.90 Å². The number of benzene rings is 2. The number of nitrogens with zero attached hydrogens (tertiary/aromatic N) is 1. The van der Waals surface area contributed by atoms with Gasteiger partial charge in [0.2, 0.25) is 5.91 Å². The standard InChI is InChI=1S/C19H21F2N2O3P.ClH/c1-27(2,26)16-6-4-3-5-12(16)13-7-8-15(18(21)17(13)20)23-11(10-24)9-14(22)19(23)25;/h3-8,11,14,24H,9-10,22H2,1-2H3;1H/t11-,14+;/m0./s1. The van der Waals surface area contributed by atoms with Crippen molar-refractivity contribution >= 4 is 36.4 Å². The molecule has 9 heteroatoms. The Bertz CT molecular complexity index is 951. The Balaban J connectivity index is 0.00000280. The highest BCUT2D eigenvalue weighted by Gasteiger charge is 2.40. The smallest absolute Gasteiger partial charge is 0.244 e. The van der Waals surface area contributed by atoms with Gasteiger partial charge >= 0.3 is 0 Å². The molecule has 0 spiro atoms. The summed E-state index contributed by atoms with van der Waals surface area (Å²) in [5, 5.41) is 9.90. The van der Waals surface area contributed by atoms with Gasteiger partial charge in [0.25, 0.3) is 0 Å². The van der Waals surface area contributed by atoms with Crippen molar-refractivity contribution in [2.45, 2.75) is 18.5 Å². The van der Waals surface area contributed by atoms with E-state index in [1.54, 1.807) is 37.6 Å². The number of hydrogen-bond acceptors (Lipinski definition) is 4. The first-order valence-corrected chi connectivity index (χ1v) is 11.1. The molecule has 0 unspecified atom stereocenters. The zero-order chi connectivity index (χ0) is 19.9. The molecule has 1 fully saturated rings. The molecule has 1 amide bonds. The molecule has 5 nitrogen and oxygen atoms in total. The van der Waals surface area contributed by atoms with Crippen LogP contribution in [0.15, 0.2) is 36.4 Å². The molecule has 0 saturated carbocycles. The lowest BCUT2D eigenvalue weighted by Gasteiger charge is -2.24. The monoisotopic (exact) mass is 430 g/mol. The molecule has 2 aromatic carbocycles. The number of carbonyl (C=O) groups excluding carboxylic acids is 1. The summed E-state index contributed by atoms with van der Waals surface area (Å²) < 4.78 is 42.3. The van der Waals surface area contributed by atoms with Gasteiger partial charge in [0.1, 0.15) is 7.14 Å². The molecule has 28 heavy (non-hydrogen) atoms. The minimum atomic E-state index is -2.72. The van der Waals surface area contributed by atoms with E-state index < -0.39 is 43.4 Å². The maximum Gasteiger partial charge on any atom is 0.244 e. The lowest BCUT2D eigenvalue weighted by atomic mass is 10.0. The van der Waals surface area contributed by atoms with Crippen LogP contribution in [0.1, 0.15) is 6.42 Å². The Morgan fingerprint density at radius 1 is 1.14 bits per heavy atom. The number of nitrogens with two attached hydrogens (primary N) is 1. The molecule has 3 N–H and O–H groups in total. The van der Waals surface area contributed by atoms with Crippen molar-refractivity contribution in [1.29, 1.82) is 0 Å². The van der Waals surface area contributed by atoms with Crippen LogP contribution in [-0.2, 0) is 9.36 Å². The number of aliphatic hydroxyl groups excluding tert-OH is 1. The highest BCUT2D eigenvalue weighted by atomic mass is 35.5. The summed E-state index contributed by atoms with van der Waals surface area (Å²) in [4.78, 5) is 13.3. The Kier molecular flexibility index (Phi) is 6.66. The molecule has 2 atom stereocenters. The van der Waals surface area contributed by atoms with E-state index in [4.69, 9.17) is 5.73 Å². The van der Waals surface area contributed by atoms with Crippen molar-refractivity contribution in [3.8, 4) is 11.1 Å². The van der Waals surface area contributed by atoms with Crippen LogP contribution in [0.5, 0.6) is 0 Å². The average Bonchev–Trinajstić information content (AvgIpc) is 2.91. The minimum Gasteiger partial charge on any atom is -0.394 e. The third-order valence-electron chi connectivity index (χ3n) is 4.75. The Morgan fingerprint density at radius 3 is 2.39 bits per heavy atom. The lowest BCUT2D eigenvalue weighted by molar-refractivity contribution is -0.118. The fourth-order valence-electron chi connectivity index (χ4n) is 3.43. The molecule has 2 aromatic rings. The van der Waals surface area contributed by atoms with E-state index in [-0.39, 0.29) is 30.1 Å². The van der Waals surface area contributed by atoms with Crippen LogP contribution < -0.4 is 15.9 Å². The fourth-order valence-corrected chi connectivity index (χ4v) is 4.65. The van der Waals surface area contributed by atoms with Gasteiger partial charge in [0.05, 0.1) is 24.4 Å². The predicted octanol–water partition coefficient (Wildman–Crippen LogP) is 2.73. The molecule has 0 aromatic heterocycles. The van der Waals surface area contributed by atoms with Gasteiger partial charge < -0.3 is 20.3 Å². The Morgan fingerprint density at radius 2 is 1.79 bits per heavy atom. The summed E-state index contributed by atoms with van der Waals surface area (Å²) in [5.41, 5.74) is 5.75. The van der Waals surface area contributed by atoms with Crippen LogP contribution in [0.3, 0.4) is 0 Å². The number of amides is 1. The van der Waals surface area contributed by atoms with E-state index in [2.05, 4.69) is 0 Å². The molecule has 152 valence electrons. The van der Waals surface area contributed by atoms with Gasteiger partial charge in [0.15, 0.2) is 11.6 Å². The molecular weight excluding hydrogens is 409 g/mol. The minimum absolute atomic E-state index is 0. The van der Waals surface area contributed by atoms with Crippen molar-refractivity contribution in [1.82, 2.24) is 0 Å². The molecule has 1 aliphatic rings. The van der Waals surface area contributed by atoms with Crippen LogP contribution in [0, 0.1) is 11.6 Å². The Hall–Kier alpha value is -1.79. The highest BCUT2D eigenvalue weighted by molar-refractivity contribution is 7.70. The van der Waals surface area contributed by atoms with E-state index in [9.17, 15) is 23.2 Å². The van der Waals surface area contributed by atoms with Crippen LogP contribution in [-0.4, -0.2) is 43.0 Å². The van der Waals surface area contributed by atoms with E-state index >= 15 is 0 Å².